The zero-order chi connectivity index (χ0) is 14.1. The molecule has 2 heterocycles. The van der Waals surface area contributed by atoms with Crippen LogP contribution in [0.2, 0.25) is 5.02 Å². The lowest BCUT2D eigenvalue weighted by atomic mass is 10.3. The van der Waals surface area contributed by atoms with Crippen molar-refractivity contribution in [3.63, 3.8) is 0 Å². The van der Waals surface area contributed by atoms with E-state index >= 15 is 0 Å². The molecule has 1 aromatic carbocycles. The van der Waals surface area contributed by atoms with Gasteiger partial charge in [-0.2, -0.15) is 0 Å². The average molecular weight is 418 g/mol. The number of pyridine rings is 1. The van der Waals surface area contributed by atoms with Gasteiger partial charge in [-0.1, -0.05) is 23.7 Å². The summed E-state index contributed by atoms with van der Waals surface area (Å²) >= 11 is 14.2. The number of rotatable bonds is 3. The van der Waals surface area contributed by atoms with E-state index in [9.17, 15) is 0 Å². The van der Waals surface area contributed by atoms with Crippen molar-refractivity contribution in [2.45, 2.75) is 6.42 Å². The maximum absolute atomic E-state index is 6.00. The molecule has 0 N–H and O–H groups in total. The molecule has 3 rings (SSSR count). The molecule has 20 heavy (non-hydrogen) atoms. The third kappa shape index (κ3) is 2.52. The molecule has 0 aliphatic carbocycles. The van der Waals surface area contributed by atoms with Gasteiger partial charge in [-0.15, -0.1) is 11.6 Å². The van der Waals surface area contributed by atoms with Crippen LogP contribution >= 0.6 is 45.8 Å². The molecule has 102 valence electrons. The number of imidazole rings is 1. The van der Waals surface area contributed by atoms with Crippen LogP contribution in [0, 0.1) is 3.57 Å². The van der Waals surface area contributed by atoms with E-state index in [0.717, 1.165) is 26.2 Å². The second-order valence-electron chi connectivity index (χ2n) is 4.25. The Balaban J connectivity index is 2.32. The summed E-state index contributed by atoms with van der Waals surface area (Å²) < 4.78 is 3.19. The largest absolute Gasteiger partial charge is 0.280 e. The van der Waals surface area contributed by atoms with E-state index in [4.69, 9.17) is 23.2 Å². The fourth-order valence-electron chi connectivity index (χ4n) is 2.13. The highest BCUT2D eigenvalue weighted by Crippen LogP contribution is 2.25. The van der Waals surface area contributed by atoms with Crippen molar-refractivity contribution >= 4 is 57.0 Å². The maximum Gasteiger partial charge on any atom is 0.164 e. The summed E-state index contributed by atoms with van der Waals surface area (Å²) in [6, 6.07) is 9.95. The van der Waals surface area contributed by atoms with Crippen LogP contribution in [0.1, 0.15) is 5.82 Å². The minimum Gasteiger partial charge on any atom is -0.280 e. The first-order valence-electron chi connectivity index (χ1n) is 6.04. The molecular weight excluding hydrogens is 408 g/mol. The highest BCUT2D eigenvalue weighted by atomic mass is 127. The Morgan fingerprint density at radius 3 is 2.80 bits per heavy atom. The topological polar surface area (TPSA) is 30.7 Å². The molecule has 0 atom stereocenters. The number of nitrogens with zero attached hydrogens (tertiary/aromatic N) is 3. The Labute approximate surface area is 140 Å². The first-order chi connectivity index (χ1) is 9.70. The van der Waals surface area contributed by atoms with E-state index in [1.54, 1.807) is 6.20 Å². The quantitative estimate of drug-likeness (QED) is 0.465. The third-order valence-corrected chi connectivity index (χ3v) is 4.25. The summed E-state index contributed by atoms with van der Waals surface area (Å²) in [6.07, 6.45) is 2.32. The van der Waals surface area contributed by atoms with E-state index in [1.807, 2.05) is 18.2 Å². The fraction of sp³-hybridized carbons (Fsp3) is 0.143. The molecule has 0 unspecified atom stereocenters. The molecule has 0 saturated heterocycles. The number of para-hydroxylation sites is 1. The molecule has 0 amide bonds. The van der Waals surface area contributed by atoms with Gasteiger partial charge in [-0.25, -0.2) is 9.97 Å². The van der Waals surface area contributed by atoms with E-state index < -0.39 is 0 Å². The van der Waals surface area contributed by atoms with Crippen LogP contribution in [-0.2, 0) is 6.42 Å². The number of benzene rings is 1. The minimum atomic E-state index is 0.514. The van der Waals surface area contributed by atoms with Gasteiger partial charge in [0, 0.05) is 22.1 Å². The zero-order valence-electron chi connectivity index (χ0n) is 10.4. The van der Waals surface area contributed by atoms with Gasteiger partial charge in [0.1, 0.15) is 11.3 Å². The lowest BCUT2D eigenvalue weighted by Crippen LogP contribution is -2.04. The number of aryl methyl sites for hydroxylation is 1. The van der Waals surface area contributed by atoms with Crippen LogP contribution in [0.4, 0.5) is 0 Å². The number of hydrogen-bond donors (Lipinski definition) is 0. The molecule has 0 fully saturated rings. The zero-order valence-corrected chi connectivity index (χ0v) is 14.0. The summed E-state index contributed by atoms with van der Waals surface area (Å²) in [4.78, 5) is 9.03. The van der Waals surface area contributed by atoms with Crippen molar-refractivity contribution < 1.29 is 0 Å². The summed E-state index contributed by atoms with van der Waals surface area (Å²) in [7, 11) is 0. The van der Waals surface area contributed by atoms with Crippen LogP contribution in [0.5, 0.6) is 0 Å². The van der Waals surface area contributed by atoms with E-state index in [1.165, 1.54) is 0 Å². The second-order valence-corrected chi connectivity index (χ2v) is 6.23. The van der Waals surface area contributed by atoms with Crippen LogP contribution in [0.15, 0.2) is 36.5 Å². The standard InChI is InChI=1S/C14H10Cl2IN3/c15-6-5-13-19-11-7-9(16)8-18-14(11)20(13)12-4-2-1-3-10(12)17/h1-4,7-8H,5-6H2. The number of hydrogen-bond acceptors (Lipinski definition) is 2. The van der Waals surface area contributed by atoms with Crippen LogP contribution in [-0.4, -0.2) is 20.4 Å². The lowest BCUT2D eigenvalue weighted by Gasteiger charge is -2.09. The SMILES string of the molecule is ClCCc1nc2cc(Cl)cnc2n1-c1ccccc1I. The van der Waals surface area contributed by atoms with Crippen molar-refractivity contribution in [2.75, 3.05) is 5.88 Å². The van der Waals surface area contributed by atoms with Gasteiger partial charge >= 0.3 is 0 Å². The van der Waals surface area contributed by atoms with Gasteiger partial charge in [0.05, 0.1) is 10.7 Å². The van der Waals surface area contributed by atoms with Gasteiger partial charge in [0.25, 0.3) is 0 Å². The van der Waals surface area contributed by atoms with Gasteiger partial charge in [0.2, 0.25) is 0 Å². The monoisotopic (exact) mass is 417 g/mol. The maximum atomic E-state index is 6.00. The molecule has 2 aromatic heterocycles. The first-order valence-corrected chi connectivity index (χ1v) is 8.03. The Morgan fingerprint density at radius 2 is 2.05 bits per heavy atom. The Hall–Kier alpha value is -0.850. The number of halogens is 3. The first kappa shape index (κ1) is 14.1. The highest BCUT2D eigenvalue weighted by Gasteiger charge is 2.15. The van der Waals surface area contributed by atoms with E-state index in [0.29, 0.717) is 17.3 Å². The predicted octanol–water partition coefficient (Wildman–Crippen LogP) is 4.46. The van der Waals surface area contributed by atoms with Crippen molar-refractivity contribution in [3.05, 3.63) is 50.9 Å². The summed E-state index contributed by atoms with van der Waals surface area (Å²) in [5, 5.41) is 0.585. The van der Waals surface area contributed by atoms with Gasteiger partial charge in [-0.05, 0) is 40.8 Å². The van der Waals surface area contributed by atoms with Crippen molar-refractivity contribution in [1.82, 2.24) is 14.5 Å². The molecule has 3 nitrogen and oxygen atoms in total. The molecule has 0 bridgehead atoms. The highest BCUT2D eigenvalue weighted by molar-refractivity contribution is 14.1. The van der Waals surface area contributed by atoms with Crippen LogP contribution < -0.4 is 0 Å². The van der Waals surface area contributed by atoms with Crippen LogP contribution in [0.25, 0.3) is 16.9 Å². The molecule has 0 spiro atoms. The van der Waals surface area contributed by atoms with Gasteiger partial charge in [0.15, 0.2) is 5.65 Å². The molecule has 0 radical (unpaired) electrons. The Kier molecular flexibility index (Phi) is 4.14. The Morgan fingerprint density at radius 1 is 1.25 bits per heavy atom. The lowest BCUT2D eigenvalue weighted by molar-refractivity contribution is 0.902. The van der Waals surface area contributed by atoms with Crippen molar-refractivity contribution in [2.24, 2.45) is 0 Å². The summed E-state index contributed by atoms with van der Waals surface area (Å²) in [5.74, 6) is 1.41. The molecule has 0 aliphatic heterocycles. The van der Waals surface area contributed by atoms with E-state index in [-0.39, 0.29) is 0 Å². The molecule has 0 aliphatic rings. The molecular formula is C14H10Cl2IN3. The predicted molar refractivity (Wildman–Crippen MR) is 91.0 cm³/mol. The molecule has 6 heteroatoms. The Bertz CT molecular complexity index is 770. The molecule has 3 aromatic rings. The number of alkyl halides is 1. The van der Waals surface area contributed by atoms with Gasteiger partial charge < -0.3 is 0 Å². The fourth-order valence-corrected chi connectivity index (χ4v) is 3.08. The van der Waals surface area contributed by atoms with Gasteiger partial charge in [-0.3, -0.25) is 4.57 Å². The van der Waals surface area contributed by atoms with E-state index in [2.05, 4.69) is 49.3 Å². The average Bonchev–Trinajstić information content (AvgIpc) is 2.77. The smallest absolute Gasteiger partial charge is 0.164 e. The third-order valence-electron chi connectivity index (χ3n) is 2.94. The van der Waals surface area contributed by atoms with Crippen LogP contribution in [0.3, 0.4) is 0 Å². The number of fused-ring (bicyclic) bond motifs is 1. The normalized spacial score (nSPS) is 11.2. The van der Waals surface area contributed by atoms with Crippen molar-refractivity contribution in [3.8, 4) is 5.69 Å². The summed E-state index contributed by atoms with van der Waals surface area (Å²) in [5.41, 5.74) is 2.65. The summed E-state index contributed by atoms with van der Waals surface area (Å²) in [6.45, 7) is 0. The van der Waals surface area contributed by atoms with Crippen molar-refractivity contribution in [1.29, 1.82) is 0 Å². The minimum absolute atomic E-state index is 0.514. The molecule has 0 saturated carbocycles. The second kappa shape index (κ2) is 5.87. The number of aromatic nitrogens is 3.